The smallest absolute Gasteiger partial charge is 0.251 e. The van der Waals surface area contributed by atoms with E-state index in [9.17, 15) is 9.59 Å². The molecule has 0 spiro atoms. The summed E-state index contributed by atoms with van der Waals surface area (Å²) >= 11 is 0. The lowest BCUT2D eigenvalue weighted by molar-refractivity contribution is -0.124. The van der Waals surface area contributed by atoms with Crippen LogP contribution in [0.2, 0.25) is 0 Å². The summed E-state index contributed by atoms with van der Waals surface area (Å²) < 4.78 is 5.07. The molecule has 0 radical (unpaired) electrons. The van der Waals surface area contributed by atoms with Crippen LogP contribution in [0.3, 0.4) is 0 Å². The van der Waals surface area contributed by atoms with Gasteiger partial charge in [0.2, 0.25) is 5.91 Å². The fourth-order valence-corrected chi connectivity index (χ4v) is 2.18. The van der Waals surface area contributed by atoms with E-state index in [0.717, 1.165) is 5.69 Å². The van der Waals surface area contributed by atoms with Crippen molar-refractivity contribution < 1.29 is 14.3 Å². The van der Waals surface area contributed by atoms with Gasteiger partial charge in [0.25, 0.3) is 5.91 Å². The van der Waals surface area contributed by atoms with Crippen molar-refractivity contribution in [1.82, 2.24) is 20.8 Å². The molecule has 2 amide bonds. The van der Waals surface area contributed by atoms with E-state index >= 15 is 0 Å². The molecule has 2 rings (SSSR count). The summed E-state index contributed by atoms with van der Waals surface area (Å²) in [5.41, 5.74) is 1.27. The number of amides is 2. The van der Waals surface area contributed by atoms with E-state index in [4.69, 9.17) is 4.74 Å². The molecule has 0 aliphatic heterocycles. The Morgan fingerprint density at radius 3 is 2.46 bits per heavy atom. The first-order chi connectivity index (χ1) is 11.5. The minimum atomic E-state index is -0.623. The number of nitrogens with one attached hydrogen (secondary N) is 3. The minimum absolute atomic E-state index is 0.0473. The lowest BCUT2D eigenvalue weighted by Crippen LogP contribution is -2.49. The molecule has 1 heterocycles. The maximum Gasteiger partial charge on any atom is 0.251 e. The fourth-order valence-electron chi connectivity index (χ4n) is 2.18. The van der Waals surface area contributed by atoms with Gasteiger partial charge in [-0.2, -0.15) is 5.10 Å². The molecule has 1 aromatic carbocycles. The third kappa shape index (κ3) is 4.58. The van der Waals surface area contributed by atoms with Gasteiger partial charge in [-0.1, -0.05) is 13.8 Å². The van der Waals surface area contributed by atoms with Gasteiger partial charge in [0, 0.05) is 11.8 Å². The molecular weight excluding hydrogens is 308 g/mol. The number of hydrogen-bond acceptors (Lipinski definition) is 4. The van der Waals surface area contributed by atoms with E-state index < -0.39 is 6.04 Å². The molecule has 7 heteroatoms. The summed E-state index contributed by atoms with van der Waals surface area (Å²) in [5.74, 6) is 0.0905. The standard InChI is InChI=1S/C17H22N4O3/c1-11(2)15(17(23)18-10-13-8-9-19-21-13)20-16(22)12-4-6-14(24-3)7-5-12/h4-9,11,15H,10H2,1-3H3,(H,18,23)(H,19,21)(H,20,22)/t15-/m1/s1. The second-order valence-electron chi connectivity index (χ2n) is 5.72. The van der Waals surface area contributed by atoms with Crippen LogP contribution in [0.15, 0.2) is 36.5 Å². The molecule has 0 fully saturated rings. The average molecular weight is 330 g/mol. The number of aromatic amines is 1. The Labute approximate surface area is 140 Å². The third-order valence-electron chi connectivity index (χ3n) is 3.60. The van der Waals surface area contributed by atoms with Crippen molar-refractivity contribution in [3.05, 3.63) is 47.8 Å². The Morgan fingerprint density at radius 1 is 1.21 bits per heavy atom. The van der Waals surface area contributed by atoms with Crippen LogP contribution in [0.25, 0.3) is 0 Å². The molecule has 0 bridgehead atoms. The number of aromatic nitrogens is 2. The molecule has 0 unspecified atom stereocenters. The average Bonchev–Trinajstić information content (AvgIpc) is 3.10. The highest BCUT2D eigenvalue weighted by Gasteiger charge is 2.24. The lowest BCUT2D eigenvalue weighted by Gasteiger charge is -2.21. The number of hydrogen-bond donors (Lipinski definition) is 3. The highest BCUT2D eigenvalue weighted by molar-refractivity contribution is 5.97. The number of methoxy groups -OCH3 is 1. The molecular formula is C17H22N4O3. The molecule has 3 N–H and O–H groups in total. The van der Waals surface area contributed by atoms with Gasteiger partial charge >= 0.3 is 0 Å². The topological polar surface area (TPSA) is 96.1 Å². The SMILES string of the molecule is COc1ccc(C(=O)N[C@@H](C(=O)NCc2ccn[nH]2)C(C)C)cc1. The molecule has 7 nitrogen and oxygen atoms in total. The molecule has 2 aromatic rings. The predicted molar refractivity (Wildman–Crippen MR) is 89.5 cm³/mol. The quantitative estimate of drug-likeness (QED) is 0.716. The zero-order valence-corrected chi connectivity index (χ0v) is 14.0. The Kier molecular flexibility index (Phi) is 5.95. The Bertz CT molecular complexity index is 666. The largest absolute Gasteiger partial charge is 0.497 e. The minimum Gasteiger partial charge on any atom is -0.497 e. The van der Waals surface area contributed by atoms with Crippen LogP contribution < -0.4 is 15.4 Å². The fraction of sp³-hybridized carbons (Fsp3) is 0.353. The molecule has 0 saturated heterocycles. The number of benzene rings is 1. The summed E-state index contributed by atoms with van der Waals surface area (Å²) in [7, 11) is 1.56. The van der Waals surface area contributed by atoms with Gasteiger partial charge in [0.05, 0.1) is 19.3 Å². The normalized spacial score (nSPS) is 11.8. The molecule has 1 aromatic heterocycles. The molecule has 1 atom stereocenters. The van der Waals surface area contributed by atoms with Gasteiger partial charge in [-0.3, -0.25) is 14.7 Å². The molecule has 0 aliphatic rings. The Balaban J connectivity index is 1.98. The van der Waals surface area contributed by atoms with E-state index in [-0.39, 0.29) is 17.7 Å². The first kappa shape index (κ1) is 17.5. The van der Waals surface area contributed by atoms with Crippen molar-refractivity contribution in [3.63, 3.8) is 0 Å². The number of ether oxygens (including phenoxy) is 1. The van der Waals surface area contributed by atoms with E-state index in [1.807, 2.05) is 13.8 Å². The van der Waals surface area contributed by atoms with Crippen LogP contribution in [-0.2, 0) is 11.3 Å². The van der Waals surface area contributed by atoms with Gasteiger partial charge < -0.3 is 15.4 Å². The van der Waals surface area contributed by atoms with Gasteiger partial charge in [0.15, 0.2) is 0 Å². The van der Waals surface area contributed by atoms with Crippen molar-refractivity contribution in [2.45, 2.75) is 26.4 Å². The maximum atomic E-state index is 12.4. The van der Waals surface area contributed by atoms with Crippen LogP contribution >= 0.6 is 0 Å². The second-order valence-corrected chi connectivity index (χ2v) is 5.72. The van der Waals surface area contributed by atoms with Gasteiger partial charge in [-0.15, -0.1) is 0 Å². The Morgan fingerprint density at radius 2 is 1.92 bits per heavy atom. The highest BCUT2D eigenvalue weighted by Crippen LogP contribution is 2.12. The first-order valence-electron chi connectivity index (χ1n) is 7.72. The third-order valence-corrected chi connectivity index (χ3v) is 3.60. The molecule has 24 heavy (non-hydrogen) atoms. The summed E-state index contributed by atoms with van der Waals surface area (Å²) in [4.78, 5) is 24.7. The van der Waals surface area contributed by atoms with E-state index in [2.05, 4.69) is 20.8 Å². The number of carbonyl (C=O) groups excluding carboxylic acids is 2. The predicted octanol–water partition coefficient (Wildman–Crippen LogP) is 1.49. The number of rotatable bonds is 7. The summed E-state index contributed by atoms with van der Waals surface area (Å²) in [6.45, 7) is 4.10. The van der Waals surface area contributed by atoms with Crippen LogP contribution in [-0.4, -0.2) is 35.2 Å². The van der Waals surface area contributed by atoms with Crippen molar-refractivity contribution >= 4 is 11.8 Å². The van der Waals surface area contributed by atoms with E-state index in [1.165, 1.54) is 0 Å². The van der Waals surface area contributed by atoms with Crippen LogP contribution in [0, 0.1) is 5.92 Å². The number of H-pyrrole nitrogens is 1. The van der Waals surface area contributed by atoms with Crippen LogP contribution in [0.5, 0.6) is 5.75 Å². The highest BCUT2D eigenvalue weighted by atomic mass is 16.5. The first-order valence-corrected chi connectivity index (χ1v) is 7.72. The maximum absolute atomic E-state index is 12.4. The van der Waals surface area contributed by atoms with Gasteiger partial charge in [-0.25, -0.2) is 0 Å². The van der Waals surface area contributed by atoms with Crippen molar-refractivity contribution in [2.75, 3.05) is 7.11 Å². The lowest BCUT2D eigenvalue weighted by atomic mass is 10.0. The second kappa shape index (κ2) is 8.14. The van der Waals surface area contributed by atoms with Crippen molar-refractivity contribution in [1.29, 1.82) is 0 Å². The van der Waals surface area contributed by atoms with E-state index in [1.54, 1.807) is 43.6 Å². The van der Waals surface area contributed by atoms with Crippen LogP contribution in [0.1, 0.15) is 29.9 Å². The van der Waals surface area contributed by atoms with Crippen molar-refractivity contribution in [2.24, 2.45) is 5.92 Å². The van der Waals surface area contributed by atoms with Gasteiger partial charge in [-0.05, 0) is 36.2 Å². The zero-order chi connectivity index (χ0) is 17.5. The van der Waals surface area contributed by atoms with E-state index in [0.29, 0.717) is 17.9 Å². The summed E-state index contributed by atoms with van der Waals surface area (Å²) in [6, 6.07) is 7.89. The van der Waals surface area contributed by atoms with Gasteiger partial charge in [0.1, 0.15) is 11.8 Å². The molecule has 0 saturated carbocycles. The Hall–Kier alpha value is -2.83. The number of carbonyl (C=O) groups is 2. The van der Waals surface area contributed by atoms with Crippen LogP contribution in [0.4, 0.5) is 0 Å². The molecule has 0 aliphatic carbocycles. The summed E-state index contributed by atoms with van der Waals surface area (Å²) in [6.07, 6.45) is 1.62. The monoisotopic (exact) mass is 330 g/mol. The summed E-state index contributed by atoms with van der Waals surface area (Å²) in [5, 5.41) is 12.2. The molecule has 128 valence electrons. The van der Waals surface area contributed by atoms with Crippen molar-refractivity contribution in [3.8, 4) is 5.75 Å². The zero-order valence-electron chi connectivity index (χ0n) is 14.0. The number of nitrogens with zero attached hydrogens (tertiary/aromatic N) is 1.